The van der Waals surface area contributed by atoms with E-state index in [4.69, 9.17) is 14.2 Å². The summed E-state index contributed by atoms with van der Waals surface area (Å²) < 4.78 is 98.9. The normalized spacial score (nSPS) is 13.6. The van der Waals surface area contributed by atoms with E-state index in [1.807, 2.05) is 41.5 Å². The van der Waals surface area contributed by atoms with Crippen molar-refractivity contribution in [3.63, 3.8) is 0 Å². The molecule has 57 heavy (non-hydrogen) atoms. The van der Waals surface area contributed by atoms with Crippen molar-refractivity contribution >= 4 is 29.5 Å². The molecule has 4 aromatic rings. The van der Waals surface area contributed by atoms with Crippen molar-refractivity contribution in [1.29, 1.82) is 0 Å². The molecule has 302 valence electrons. The summed E-state index contributed by atoms with van der Waals surface area (Å²) in [5.74, 6) is 1.04. The highest BCUT2D eigenvalue weighted by molar-refractivity contribution is 7.95. The SMILES string of the molecule is C=C(/C=C\C(=C/C)OC(C)(C)C)S(=O)(=O)c1ccc(Oc2ccc(S(=O)(=O)C(/C=C\C)=C/C)cc2Oc2ccc(S(=O)(=O)c3ccc(C(C)(C)C)cc3)cc2)cc1. The molecule has 0 amide bonds. The molecule has 0 radical (unpaired) electrons. The monoisotopic (exact) mass is 830 g/mol. The van der Waals surface area contributed by atoms with Gasteiger partial charge in [0, 0.05) is 6.07 Å². The van der Waals surface area contributed by atoms with Gasteiger partial charge < -0.3 is 14.2 Å². The number of benzene rings is 4. The average Bonchev–Trinajstić information content (AvgIpc) is 3.15. The molecule has 0 saturated heterocycles. The van der Waals surface area contributed by atoms with Crippen LogP contribution in [-0.4, -0.2) is 30.9 Å². The lowest BCUT2D eigenvalue weighted by Gasteiger charge is -2.21. The van der Waals surface area contributed by atoms with Gasteiger partial charge in [-0.3, -0.25) is 0 Å². The van der Waals surface area contributed by atoms with Crippen molar-refractivity contribution in [3.05, 3.63) is 155 Å². The van der Waals surface area contributed by atoms with E-state index < -0.39 is 35.1 Å². The molecule has 9 nitrogen and oxygen atoms in total. The van der Waals surface area contributed by atoms with Crippen LogP contribution in [0.1, 0.15) is 67.9 Å². The summed E-state index contributed by atoms with van der Waals surface area (Å²) in [6.45, 7) is 20.7. The first-order valence-electron chi connectivity index (χ1n) is 18.1. The first kappa shape index (κ1) is 44.5. The van der Waals surface area contributed by atoms with Crippen LogP contribution in [0.15, 0.2) is 169 Å². The third-order valence-electron chi connectivity index (χ3n) is 8.39. The Morgan fingerprint density at radius 2 is 1.05 bits per heavy atom. The predicted octanol–water partition coefficient (Wildman–Crippen LogP) is 11.2. The predicted molar refractivity (Wildman–Crippen MR) is 226 cm³/mol. The van der Waals surface area contributed by atoms with Crippen LogP contribution in [0.25, 0.3) is 0 Å². The van der Waals surface area contributed by atoms with Gasteiger partial charge in [-0.1, -0.05) is 51.6 Å². The Hall–Kier alpha value is -5.17. The zero-order valence-electron chi connectivity index (χ0n) is 33.7. The fraction of sp³-hybridized carbons (Fsp3) is 0.244. The van der Waals surface area contributed by atoms with E-state index in [-0.39, 0.29) is 57.8 Å². The van der Waals surface area contributed by atoms with E-state index >= 15 is 0 Å². The van der Waals surface area contributed by atoms with Crippen LogP contribution < -0.4 is 9.47 Å². The number of sulfone groups is 3. The lowest BCUT2D eigenvalue weighted by molar-refractivity contribution is 0.0597. The summed E-state index contributed by atoms with van der Waals surface area (Å²) in [5, 5.41) is 0. The van der Waals surface area contributed by atoms with Crippen LogP contribution in [-0.2, 0) is 39.7 Å². The molecular formula is C45H50O9S3. The van der Waals surface area contributed by atoms with Crippen molar-refractivity contribution in [2.45, 2.75) is 92.9 Å². The van der Waals surface area contributed by atoms with Crippen LogP contribution in [0.4, 0.5) is 0 Å². The maximum absolute atomic E-state index is 13.6. The smallest absolute Gasteiger partial charge is 0.206 e. The fourth-order valence-corrected chi connectivity index (χ4v) is 9.03. The quantitative estimate of drug-likeness (QED) is 0.0900. The van der Waals surface area contributed by atoms with Crippen LogP contribution in [0, 0.1) is 0 Å². The summed E-state index contributed by atoms with van der Waals surface area (Å²) in [6.07, 6.45) is 9.23. The van der Waals surface area contributed by atoms with Crippen LogP contribution in [0.5, 0.6) is 23.0 Å². The molecule has 4 aromatic carbocycles. The van der Waals surface area contributed by atoms with E-state index in [2.05, 4.69) is 6.58 Å². The topological polar surface area (TPSA) is 130 Å². The van der Waals surface area contributed by atoms with Gasteiger partial charge in [0.05, 0.1) is 29.4 Å². The molecule has 0 saturated carbocycles. The third-order valence-corrected chi connectivity index (χ3v) is 13.8. The van der Waals surface area contributed by atoms with Gasteiger partial charge in [0.15, 0.2) is 11.5 Å². The fourth-order valence-electron chi connectivity index (χ4n) is 5.32. The van der Waals surface area contributed by atoms with Crippen molar-refractivity contribution in [2.75, 3.05) is 0 Å². The highest BCUT2D eigenvalue weighted by Gasteiger charge is 2.24. The summed E-state index contributed by atoms with van der Waals surface area (Å²) >= 11 is 0. The molecule has 0 bridgehead atoms. The highest BCUT2D eigenvalue weighted by Crippen LogP contribution is 2.39. The van der Waals surface area contributed by atoms with Gasteiger partial charge in [0.2, 0.25) is 29.5 Å². The van der Waals surface area contributed by atoms with E-state index in [9.17, 15) is 25.3 Å². The molecule has 0 unspecified atom stereocenters. The van der Waals surface area contributed by atoms with Gasteiger partial charge in [-0.2, -0.15) is 0 Å². The molecular weight excluding hydrogens is 781 g/mol. The standard InChI is InChI=1S/C45H50O9S3/c1-11-14-37(13-3)56(48,49)41-29-30-42(52-35-19-25-38(26-20-35)55(46,47)32(4)15-18-34(12-2)54-45(8,9)10)43(31-41)53-36-21-27-40(28-22-36)57(50,51)39-23-16-33(17-24-39)44(5,6)7/h11-31H,4H2,1-3,5-10H3/b14-11-,18-15-,34-12+,37-13+. The Labute approximate surface area is 338 Å². The van der Waals surface area contributed by atoms with E-state index in [1.165, 1.54) is 85.0 Å². The highest BCUT2D eigenvalue weighted by atomic mass is 32.2. The van der Waals surface area contributed by atoms with Gasteiger partial charge in [0.1, 0.15) is 22.9 Å². The minimum atomic E-state index is -3.97. The van der Waals surface area contributed by atoms with Crippen molar-refractivity contribution in [1.82, 2.24) is 0 Å². The molecule has 0 aromatic heterocycles. The van der Waals surface area contributed by atoms with Crippen LogP contribution in [0.3, 0.4) is 0 Å². The van der Waals surface area contributed by atoms with Crippen molar-refractivity contribution in [3.8, 4) is 23.0 Å². The number of hydrogen-bond acceptors (Lipinski definition) is 9. The Kier molecular flexibility index (Phi) is 13.7. The summed E-state index contributed by atoms with van der Waals surface area (Å²) in [6, 6.07) is 22.3. The summed E-state index contributed by atoms with van der Waals surface area (Å²) in [7, 11) is -11.8. The largest absolute Gasteiger partial charge is 0.489 e. The van der Waals surface area contributed by atoms with E-state index in [0.717, 1.165) is 5.56 Å². The Morgan fingerprint density at radius 3 is 1.53 bits per heavy atom. The summed E-state index contributed by atoms with van der Waals surface area (Å²) in [4.78, 5) is 0.0266. The van der Waals surface area contributed by atoms with Gasteiger partial charge in [-0.15, -0.1) is 0 Å². The minimum Gasteiger partial charge on any atom is -0.489 e. The molecule has 0 spiro atoms. The molecule has 0 aliphatic carbocycles. The molecule has 0 heterocycles. The Morgan fingerprint density at radius 1 is 0.561 bits per heavy atom. The molecule has 0 atom stereocenters. The molecule has 12 heteroatoms. The minimum absolute atomic E-state index is 0.00727. The van der Waals surface area contributed by atoms with Gasteiger partial charge in [-0.25, -0.2) is 25.3 Å². The second-order valence-electron chi connectivity index (χ2n) is 14.9. The Bertz CT molecular complexity index is 2550. The van der Waals surface area contributed by atoms with Gasteiger partial charge in [0.25, 0.3) is 0 Å². The number of hydrogen-bond donors (Lipinski definition) is 0. The number of allylic oxidation sites excluding steroid dienone is 6. The molecule has 0 aliphatic rings. The van der Waals surface area contributed by atoms with Gasteiger partial charge >= 0.3 is 0 Å². The van der Waals surface area contributed by atoms with Crippen LogP contribution >= 0.6 is 0 Å². The van der Waals surface area contributed by atoms with Crippen LogP contribution in [0.2, 0.25) is 0 Å². The molecule has 4 rings (SSSR count). The van der Waals surface area contributed by atoms with Crippen molar-refractivity contribution < 1.29 is 39.5 Å². The lowest BCUT2D eigenvalue weighted by Crippen LogP contribution is -2.18. The van der Waals surface area contributed by atoms with E-state index in [1.54, 1.807) is 63.3 Å². The zero-order valence-corrected chi connectivity index (χ0v) is 36.2. The maximum atomic E-state index is 13.6. The Balaban J connectivity index is 1.66. The van der Waals surface area contributed by atoms with E-state index in [0.29, 0.717) is 5.76 Å². The number of ether oxygens (including phenoxy) is 3. The van der Waals surface area contributed by atoms with Crippen molar-refractivity contribution in [2.24, 2.45) is 0 Å². The molecule has 0 N–H and O–H groups in total. The maximum Gasteiger partial charge on any atom is 0.206 e. The first-order valence-corrected chi connectivity index (χ1v) is 22.5. The zero-order chi connectivity index (χ0) is 42.4. The average molecular weight is 831 g/mol. The molecule has 0 fully saturated rings. The third kappa shape index (κ3) is 11.0. The first-order chi connectivity index (χ1) is 26.5. The second kappa shape index (κ2) is 17.5. The summed E-state index contributed by atoms with van der Waals surface area (Å²) in [5.41, 5.74) is 0.385. The number of rotatable bonds is 14. The second-order valence-corrected chi connectivity index (χ2v) is 20.8. The molecule has 0 aliphatic heterocycles. The van der Waals surface area contributed by atoms with Gasteiger partial charge in [-0.05, 0) is 150 Å². The lowest BCUT2D eigenvalue weighted by atomic mass is 9.87.